The zero-order valence-corrected chi connectivity index (χ0v) is 14.2. The summed E-state index contributed by atoms with van der Waals surface area (Å²) in [6.07, 6.45) is 5.38. The lowest BCUT2D eigenvalue weighted by Crippen LogP contribution is -2.51. The number of aryl methyl sites for hydroxylation is 1. The molecule has 1 unspecified atom stereocenters. The lowest BCUT2D eigenvalue weighted by Gasteiger charge is -2.41. The third kappa shape index (κ3) is 4.93. The first-order chi connectivity index (χ1) is 11.3. The van der Waals surface area contributed by atoms with E-state index in [1.54, 1.807) is 0 Å². The molecular formula is C19H29NO3. The fraction of sp³-hybridized carbons (Fsp3) is 0.684. The molecule has 0 N–H and O–H groups in total. The maximum Gasteiger partial charge on any atom is 0.119 e. The molecule has 23 heavy (non-hydrogen) atoms. The van der Waals surface area contributed by atoms with Crippen LogP contribution in [0.5, 0.6) is 5.75 Å². The topological polar surface area (TPSA) is 30.9 Å². The van der Waals surface area contributed by atoms with Crippen molar-refractivity contribution in [1.82, 2.24) is 4.90 Å². The molecule has 1 aliphatic carbocycles. The Labute approximate surface area is 139 Å². The molecule has 1 aromatic rings. The van der Waals surface area contributed by atoms with E-state index in [2.05, 4.69) is 24.0 Å². The summed E-state index contributed by atoms with van der Waals surface area (Å²) in [6.45, 7) is 7.19. The SMILES string of the molecule is Cc1ccc(OCCO[C@H]2CCCCC2N2CCOCC2)cc1. The van der Waals surface area contributed by atoms with Crippen LogP contribution in [-0.4, -0.2) is 56.6 Å². The smallest absolute Gasteiger partial charge is 0.119 e. The molecule has 4 heteroatoms. The standard InChI is InChI=1S/C19H29NO3/c1-16-6-8-17(9-7-16)22-14-15-23-19-5-3-2-4-18(19)20-10-12-21-13-11-20/h6-9,18-19H,2-5,10-15H2,1H3/t18?,19-/m0/s1. The zero-order chi connectivity index (χ0) is 15.9. The van der Waals surface area contributed by atoms with E-state index in [0.717, 1.165) is 32.1 Å². The van der Waals surface area contributed by atoms with E-state index in [1.807, 2.05) is 12.1 Å². The third-order valence-corrected chi connectivity index (χ3v) is 4.89. The molecule has 2 atom stereocenters. The highest BCUT2D eigenvalue weighted by atomic mass is 16.5. The molecule has 0 bridgehead atoms. The lowest BCUT2D eigenvalue weighted by atomic mass is 9.91. The minimum Gasteiger partial charge on any atom is -0.491 e. The van der Waals surface area contributed by atoms with E-state index in [0.29, 0.717) is 25.4 Å². The van der Waals surface area contributed by atoms with Gasteiger partial charge in [-0.2, -0.15) is 0 Å². The fourth-order valence-electron chi connectivity index (χ4n) is 3.59. The molecule has 0 radical (unpaired) electrons. The Bertz CT molecular complexity index is 456. The highest BCUT2D eigenvalue weighted by Gasteiger charge is 2.31. The molecule has 0 aromatic heterocycles. The van der Waals surface area contributed by atoms with Gasteiger partial charge in [0.2, 0.25) is 0 Å². The van der Waals surface area contributed by atoms with Crippen LogP contribution in [0, 0.1) is 6.92 Å². The van der Waals surface area contributed by atoms with Crippen molar-refractivity contribution in [2.45, 2.75) is 44.8 Å². The Kier molecular flexibility index (Phi) is 6.31. The van der Waals surface area contributed by atoms with Gasteiger partial charge in [-0.15, -0.1) is 0 Å². The summed E-state index contributed by atoms with van der Waals surface area (Å²) < 4.78 is 17.4. The molecule has 4 nitrogen and oxygen atoms in total. The summed E-state index contributed by atoms with van der Waals surface area (Å²) in [7, 11) is 0. The van der Waals surface area contributed by atoms with E-state index in [9.17, 15) is 0 Å². The Balaban J connectivity index is 1.42. The van der Waals surface area contributed by atoms with E-state index in [4.69, 9.17) is 14.2 Å². The number of hydrogen-bond donors (Lipinski definition) is 0. The summed E-state index contributed by atoms with van der Waals surface area (Å²) in [6, 6.07) is 8.75. The molecule has 128 valence electrons. The number of ether oxygens (including phenoxy) is 3. The van der Waals surface area contributed by atoms with Crippen molar-refractivity contribution in [3.8, 4) is 5.75 Å². The first-order valence-corrected chi connectivity index (χ1v) is 8.96. The molecule has 1 heterocycles. The predicted molar refractivity (Wildman–Crippen MR) is 91.1 cm³/mol. The molecule has 2 aliphatic rings. The van der Waals surface area contributed by atoms with Crippen molar-refractivity contribution in [3.63, 3.8) is 0 Å². The van der Waals surface area contributed by atoms with Gasteiger partial charge in [-0.25, -0.2) is 0 Å². The Morgan fingerprint density at radius 1 is 1.04 bits per heavy atom. The second kappa shape index (κ2) is 8.67. The van der Waals surface area contributed by atoms with Gasteiger partial charge in [0.1, 0.15) is 12.4 Å². The number of nitrogens with zero attached hydrogens (tertiary/aromatic N) is 1. The number of rotatable bonds is 6. The van der Waals surface area contributed by atoms with E-state index < -0.39 is 0 Å². The summed E-state index contributed by atoms with van der Waals surface area (Å²) >= 11 is 0. The molecular weight excluding hydrogens is 290 g/mol. The number of hydrogen-bond acceptors (Lipinski definition) is 4. The van der Waals surface area contributed by atoms with Crippen LogP contribution in [0.1, 0.15) is 31.2 Å². The van der Waals surface area contributed by atoms with Crippen LogP contribution in [0.4, 0.5) is 0 Å². The maximum atomic E-state index is 6.19. The molecule has 0 spiro atoms. The summed E-state index contributed by atoms with van der Waals surface area (Å²) in [5, 5.41) is 0. The monoisotopic (exact) mass is 319 g/mol. The zero-order valence-electron chi connectivity index (χ0n) is 14.2. The first kappa shape index (κ1) is 16.7. The van der Waals surface area contributed by atoms with Crippen LogP contribution in [-0.2, 0) is 9.47 Å². The highest BCUT2D eigenvalue weighted by Crippen LogP contribution is 2.26. The fourth-order valence-corrected chi connectivity index (χ4v) is 3.59. The van der Waals surface area contributed by atoms with Gasteiger partial charge in [0.05, 0.1) is 25.9 Å². The number of benzene rings is 1. The van der Waals surface area contributed by atoms with Gasteiger partial charge in [-0.1, -0.05) is 30.5 Å². The van der Waals surface area contributed by atoms with Crippen LogP contribution in [0.3, 0.4) is 0 Å². The molecule has 0 amide bonds. The van der Waals surface area contributed by atoms with Crippen LogP contribution < -0.4 is 4.74 Å². The van der Waals surface area contributed by atoms with Crippen molar-refractivity contribution in [3.05, 3.63) is 29.8 Å². The predicted octanol–water partition coefficient (Wildman–Crippen LogP) is 3.03. The minimum absolute atomic E-state index is 0.350. The summed E-state index contributed by atoms with van der Waals surface area (Å²) in [5.74, 6) is 0.924. The largest absolute Gasteiger partial charge is 0.491 e. The Morgan fingerprint density at radius 2 is 1.78 bits per heavy atom. The second-order valence-corrected chi connectivity index (χ2v) is 6.57. The van der Waals surface area contributed by atoms with Gasteiger partial charge >= 0.3 is 0 Å². The average Bonchev–Trinajstić information content (AvgIpc) is 2.61. The van der Waals surface area contributed by atoms with Crippen molar-refractivity contribution in [1.29, 1.82) is 0 Å². The normalized spacial score (nSPS) is 26.1. The maximum absolute atomic E-state index is 6.19. The van der Waals surface area contributed by atoms with Gasteiger partial charge < -0.3 is 14.2 Å². The van der Waals surface area contributed by atoms with Gasteiger partial charge in [-0.05, 0) is 31.9 Å². The van der Waals surface area contributed by atoms with E-state index in [1.165, 1.54) is 31.2 Å². The quantitative estimate of drug-likeness (QED) is 0.754. The Hall–Kier alpha value is -1.10. The van der Waals surface area contributed by atoms with Gasteiger partial charge in [0.25, 0.3) is 0 Å². The third-order valence-electron chi connectivity index (χ3n) is 4.89. The van der Waals surface area contributed by atoms with Crippen molar-refractivity contribution < 1.29 is 14.2 Å². The van der Waals surface area contributed by atoms with Crippen LogP contribution in [0.15, 0.2) is 24.3 Å². The summed E-state index contributed by atoms with van der Waals surface area (Å²) in [5.41, 5.74) is 1.25. The molecule has 1 saturated carbocycles. The Morgan fingerprint density at radius 3 is 2.57 bits per heavy atom. The first-order valence-electron chi connectivity index (χ1n) is 8.96. The summed E-state index contributed by atoms with van der Waals surface area (Å²) in [4.78, 5) is 2.56. The number of morpholine rings is 1. The minimum atomic E-state index is 0.350. The van der Waals surface area contributed by atoms with Crippen LogP contribution in [0.25, 0.3) is 0 Å². The van der Waals surface area contributed by atoms with Crippen molar-refractivity contribution in [2.75, 3.05) is 39.5 Å². The lowest BCUT2D eigenvalue weighted by molar-refractivity contribution is -0.0698. The van der Waals surface area contributed by atoms with Crippen molar-refractivity contribution >= 4 is 0 Å². The van der Waals surface area contributed by atoms with Crippen LogP contribution in [0.2, 0.25) is 0 Å². The molecule has 1 saturated heterocycles. The van der Waals surface area contributed by atoms with Gasteiger partial charge in [-0.3, -0.25) is 4.90 Å². The van der Waals surface area contributed by atoms with E-state index >= 15 is 0 Å². The van der Waals surface area contributed by atoms with Gasteiger partial charge in [0, 0.05) is 19.1 Å². The second-order valence-electron chi connectivity index (χ2n) is 6.57. The molecule has 1 aromatic carbocycles. The average molecular weight is 319 g/mol. The van der Waals surface area contributed by atoms with Crippen molar-refractivity contribution in [2.24, 2.45) is 0 Å². The van der Waals surface area contributed by atoms with E-state index in [-0.39, 0.29) is 0 Å². The molecule has 1 aliphatic heterocycles. The van der Waals surface area contributed by atoms with Gasteiger partial charge in [0.15, 0.2) is 0 Å². The molecule has 2 fully saturated rings. The molecule has 3 rings (SSSR count). The highest BCUT2D eigenvalue weighted by molar-refractivity contribution is 5.26. The van der Waals surface area contributed by atoms with Crippen LogP contribution >= 0.6 is 0 Å².